The Hall–Kier alpha value is -1.59. The summed E-state index contributed by atoms with van der Waals surface area (Å²) in [5.41, 5.74) is 0.396. The van der Waals surface area contributed by atoms with Crippen LogP contribution in [0, 0.1) is 5.82 Å². The van der Waals surface area contributed by atoms with Crippen LogP contribution in [0.3, 0.4) is 0 Å². The average molecular weight is 373 g/mol. The molecule has 0 bridgehead atoms. The van der Waals surface area contributed by atoms with Crippen molar-refractivity contribution in [3.63, 3.8) is 0 Å². The number of carbonyl (C=O) groups excluding carboxylic acids is 1. The highest BCUT2D eigenvalue weighted by molar-refractivity contribution is 9.10. The van der Waals surface area contributed by atoms with E-state index in [-0.39, 0.29) is 18.3 Å². The molecule has 0 aliphatic rings. The fourth-order valence-electron chi connectivity index (χ4n) is 1.63. The lowest BCUT2D eigenvalue weighted by atomic mass is 10.2. The normalized spacial score (nSPS) is 10.2. The molecule has 3 nitrogen and oxygen atoms in total. The van der Waals surface area contributed by atoms with E-state index < -0.39 is 0 Å². The molecule has 2 rings (SSSR count). The maximum absolute atomic E-state index is 12.7. The number of hydrogen-bond donors (Lipinski definition) is 1. The molecule has 0 aliphatic carbocycles. The molecule has 0 heterocycles. The van der Waals surface area contributed by atoms with Gasteiger partial charge in [-0.3, -0.25) is 4.79 Å². The van der Waals surface area contributed by atoms with Gasteiger partial charge < -0.3 is 10.1 Å². The monoisotopic (exact) mass is 371 g/mol. The van der Waals surface area contributed by atoms with Gasteiger partial charge in [-0.2, -0.15) is 0 Å². The van der Waals surface area contributed by atoms with E-state index in [1.165, 1.54) is 24.3 Å². The lowest BCUT2D eigenvalue weighted by Gasteiger charge is -2.09. The van der Waals surface area contributed by atoms with E-state index >= 15 is 0 Å². The standard InChI is InChI=1S/C15H12BrClFNO2/c16-10-1-6-14(17)13(9-10)15(20)19-7-8-21-12-4-2-11(18)3-5-12/h1-6,9H,7-8H2,(H,19,20). The van der Waals surface area contributed by atoms with E-state index in [0.29, 0.717) is 22.9 Å². The minimum atomic E-state index is -0.319. The van der Waals surface area contributed by atoms with Gasteiger partial charge >= 0.3 is 0 Å². The third-order valence-corrected chi connectivity index (χ3v) is 3.47. The zero-order valence-corrected chi connectivity index (χ0v) is 13.2. The molecule has 1 N–H and O–H groups in total. The van der Waals surface area contributed by atoms with Crippen molar-refractivity contribution in [2.75, 3.05) is 13.2 Å². The van der Waals surface area contributed by atoms with E-state index in [4.69, 9.17) is 16.3 Å². The van der Waals surface area contributed by atoms with Crippen molar-refractivity contribution in [3.8, 4) is 5.75 Å². The molecule has 0 saturated carbocycles. The van der Waals surface area contributed by atoms with Gasteiger partial charge in [-0.25, -0.2) is 4.39 Å². The fourth-order valence-corrected chi connectivity index (χ4v) is 2.20. The molecule has 2 aromatic rings. The zero-order valence-electron chi connectivity index (χ0n) is 10.9. The highest BCUT2D eigenvalue weighted by Crippen LogP contribution is 2.20. The Labute approximate surface area is 135 Å². The van der Waals surface area contributed by atoms with Gasteiger partial charge in [0.05, 0.1) is 17.1 Å². The number of halogens is 3. The van der Waals surface area contributed by atoms with E-state index in [0.717, 1.165) is 4.47 Å². The van der Waals surface area contributed by atoms with Gasteiger partial charge in [0, 0.05) is 4.47 Å². The first-order chi connectivity index (χ1) is 10.1. The van der Waals surface area contributed by atoms with E-state index in [1.54, 1.807) is 18.2 Å². The van der Waals surface area contributed by atoms with Crippen LogP contribution < -0.4 is 10.1 Å². The lowest BCUT2D eigenvalue weighted by molar-refractivity contribution is 0.0947. The second kappa shape index (κ2) is 7.43. The Balaban J connectivity index is 1.81. The van der Waals surface area contributed by atoms with Gasteiger partial charge in [-0.05, 0) is 42.5 Å². The Morgan fingerprint density at radius 3 is 2.67 bits per heavy atom. The summed E-state index contributed by atoms with van der Waals surface area (Å²) in [6.07, 6.45) is 0. The summed E-state index contributed by atoms with van der Waals surface area (Å²) in [4.78, 5) is 12.0. The van der Waals surface area contributed by atoms with Crippen LogP contribution in [0.5, 0.6) is 5.75 Å². The van der Waals surface area contributed by atoms with Gasteiger partial charge in [-0.15, -0.1) is 0 Å². The molecule has 6 heteroatoms. The first-order valence-electron chi connectivity index (χ1n) is 6.18. The molecule has 0 unspecified atom stereocenters. The Morgan fingerprint density at radius 2 is 1.95 bits per heavy atom. The average Bonchev–Trinajstić information content (AvgIpc) is 2.47. The molecule has 0 spiro atoms. The quantitative estimate of drug-likeness (QED) is 0.804. The van der Waals surface area contributed by atoms with Crippen LogP contribution in [0.1, 0.15) is 10.4 Å². The molecule has 0 saturated heterocycles. The summed E-state index contributed by atoms with van der Waals surface area (Å²) in [6, 6.07) is 10.7. The van der Waals surface area contributed by atoms with Gasteiger partial charge in [0.2, 0.25) is 0 Å². The van der Waals surface area contributed by atoms with Gasteiger partial charge in [0.15, 0.2) is 0 Å². The molecular formula is C15H12BrClFNO2. The Kier molecular flexibility index (Phi) is 5.59. The van der Waals surface area contributed by atoms with Gasteiger partial charge in [0.25, 0.3) is 5.91 Å². The van der Waals surface area contributed by atoms with Gasteiger partial charge in [0.1, 0.15) is 18.2 Å². The maximum atomic E-state index is 12.7. The van der Waals surface area contributed by atoms with E-state index in [1.807, 2.05) is 0 Å². The van der Waals surface area contributed by atoms with Crippen LogP contribution >= 0.6 is 27.5 Å². The molecule has 0 aromatic heterocycles. The number of ether oxygens (including phenoxy) is 1. The molecule has 2 aromatic carbocycles. The molecule has 110 valence electrons. The first-order valence-corrected chi connectivity index (χ1v) is 7.35. The summed E-state index contributed by atoms with van der Waals surface area (Å²) in [7, 11) is 0. The predicted octanol–water partition coefficient (Wildman–Crippen LogP) is 4.05. The summed E-state index contributed by atoms with van der Waals surface area (Å²) < 4.78 is 18.9. The summed E-state index contributed by atoms with van der Waals surface area (Å²) in [5, 5.41) is 3.09. The molecule has 1 amide bonds. The van der Waals surface area contributed by atoms with Crippen LogP contribution in [-0.2, 0) is 0 Å². The number of rotatable bonds is 5. The van der Waals surface area contributed by atoms with Crippen LogP contribution in [0.25, 0.3) is 0 Å². The van der Waals surface area contributed by atoms with Crippen molar-refractivity contribution < 1.29 is 13.9 Å². The Morgan fingerprint density at radius 1 is 1.24 bits per heavy atom. The number of amides is 1. The molecule has 0 fully saturated rings. The third kappa shape index (κ3) is 4.72. The van der Waals surface area contributed by atoms with Crippen LogP contribution in [0.4, 0.5) is 4.39 Å². The highest BCUT2D eigenvalue weighted by Gasteiger charge is 2.10. The van der Waals surface area contributed by atoms with Crippen molar-refractivity contribution in [1.82, 2.24) is 5.32 Å². The largest absolute Gasteiger partial charge is 0.492 e. The molecule has 21 heavy (non-hydrogen) atoms. The van der Waals surface area contributed by atoms with Crippen molar-refractivity contribution in [1.29, 1.82) is 0 Å². The minimum Gasteiger partial charge on any atom is -0.492 e. The first kappa shape index (κ1) is 15.8. The van der Waals surface area contributed by atoms with Crippen molar-refractivity contribution >= 4 is 33.4 Å². The van der Waals surface area contributed by atoms with Crippen molar-refractivity contribution in [2.45, 2.75) is 0 Å². The molecule has 0 aliphatic heterocycles. The molecule has 0 radical (unpaired) electrons. The molecular weight excluding hydrogens is 361 g/mol. The lowest BCUT2D eigenvalue weighted by Crippen LogP contribution is -2.28. The number of nitrogens with one attached hydrogen (secondary N) is 1. The summed E-state index contributed by atoms with van der Waals surface area (Å²) in [6.45, 7) is 0.599. The van der Waals surface area contributed by atoms with Gasteiger partial charge in [-0.1, -0.05) is 27.5 Å². The van der Waals surface area contributed by atoms with Crippen LogP contribution in [0.2, 0.25) is 5.02 Å². The smallest absolute Gasteiger partial charge is 0.252 e. The third-order valence-electron chi connectivity index (χ3n) is 2.64. The fraction of sp³-hybridized carbons (Fsp3) is 0.133. The van der Waals surface area contributed by atoms with Crippen molar-refractivity contribution in [3.05, 3.63) is 63.3 Å². The van der Waals surface area contributed by atoms with Crippen molar-refractivity contribution in [2.24, 2.45) is 0 Å². The van der Waals surface area contributed by atoms with E-state index in [9.17, 15) is 9.18 Å². The molecule has 0 atom stereocenters. The summed E-state index contributed by atoms with van der Waals surface area (Å²) >= 11 is 9.26. The summed E-state index contributed by atoms with van der Waals surface area (Å²) in [5.74, 6) is -0.0462. The number of carbonyl (C=O) groups is 1. The maximum Gasteiger partial charge on any atom is 0.252 e. The zero-order chi connectivity index (χ0) is 15.2. The number of hydrogen-bond acceptors (Lipinski definition) is 2. The second-order valence-electron chi connectivity index (χ2n) is 4.18. The van der Waals surface area contributed by atoms with E-state index in [2.05, 4.69) is 21.2 Å². The second-order valence-corrected chi connectivity index (χ2v) is 5.51. The predicted molar refractivity (Wildman–Crippen MR) is 83.4 cm³/mol. The van der Waals surface area contributed by atoms with Crippen LogP contribution in [0.15, 0.2) is 46.9 Å². The topological polar surface area (TPSA) is 38.3 Å². The Bertz CT molecular complexity index is 634. The minimum absolute atomic E-state index is 0.274. The number of benzene rings is 2. The van der Waals surface area contributed by atoms with Crippen LogP contribution in [-0.4, -0.2) is 19.1 Å². The highest BCUT2D eigenvalue weighted by atomic mass is 79.9. The SMILES string of the molecule is O=C(NCCOc1ccc(F)cc1)c1cc(Br)ccc1Cl.